The van der Waals surface area contributed by atoms with E-state index < -0.39 is 0 Å². The van der Waals surface area contributed by atoms with Crippen molar-refractivity contribution in [3.05, 3.63) is 71.5 Å². The summed E-state index contributed by atoms with van der Waals surface area (Å²) in [6.07, 6.45) is 1.53. The molecule has 0 spiro atoms. The van der Waals surface area contributed by atoms with Crippen molar-refractivity contribution in [2.24, 2.45) is 0 Å². The van der Waals surface area contributed by atoms with Gasteiger partial charge >= 0.3 is 0 Å². The molecule has 0 unspecified atom stereocenters. The Morgan fingerprint density at radius 2 is 1.54 bits per heavy atom. The Balaban J connectivity index is 1.76. The Hall–Kier alpha value is -3.74. The summed E-state index contributed by atoms with van der Waals surface area (Å²) in [6, 6.07) is 14.4. The number of benzene rings is 2. The first kappa shape index (κ1) is 19.0. The van der Waals surface area contributed by atoms with Crippen molar-refractivity contribution >= 4 is 34.8 Å². The van der Waals surface area contributed by atoms with Crippen molar-refractivity contribution in [1.82, 2.24) is 9.97 Å². The summed E-state index contributed by atoms with van der Waals surface area (Å²) < 4.78 is 0. The maximum Gasteiger partial charge on any atom is 0.274 e. The zero-order valence-electron chi connectivity index (χ0n) is 15.9. The van der Waals surface area contributed by atoms with Gasteiger partial charge in [0.1, 0.15) is 5.69 Å². The Labute approximate surface area is 163 Å². The lowest BCUT2D eigenvalue weighted by Crippen LogP contribution is -2.15. The number of amides is 2. The molecule has 7 nitrogen and oxygen atoms in total. The van der Waals surface area contributed by atoms with Gasteiger partial charge in [-0.25, -0.2) is 9.97 Å². The number of nitrogens with one attached hydrogen (secondary N) is 3. The van der Waals surface area contributed by atoms with Gasteiger partial charge in [-0.1, -0.05) is 24.3 Å². The molecule has 0 aliphatic heterocycles. The van der Waals surface area contributed by atoms with E-state index in [1.165, 1.54) is 13.1 Å². The molecule has 3 N–H and O–H groups in total. The van der Waals surface area contributed by atoms with E-state index in [0.29, 0.717) is 17.3 Å². The monoisotopic (exact) mass is 375 g/mol. The number of carbonyl (C=O) groups is 2. The molecule has 0 aliphatic rings. The van der Waals surface area contributed by atoms with Crippen LogP contribution in [-0.4, -0.2) is 21.8 Å². The normalized spacial score (nSPS) is 10.2. The van der Waals surface area contributed by atoms with Crippen LogP contribution < -0.4 is 16.0 Å². The smallest absolute Gasteiger partial charge is 0.274 e. The summed E-state index contributed by atoms with van der Waals surface area (Å²) >= 11 is 0. The summed E-state index contributed by atoms with van der Waals surface area (Å²) in [6.45, 7) is 5.42. The fourth-order valence-corrected chi connectivity index (χ4v) is 2.74. The van der Waals surface area contributed by atoms with Crippen molar-refractivity contribution < 1.29 is 9.59 Å². The van der Waals surface area contributed by atoms with Crippen LogP contribution in [0.1, 0.15) is 28.5 Å². The third-order valence-electron chi connectivity index (χ3n) is 4.05. The number of anilines is 4. The summed E-state index contributed by atoms with van der Waals surface area (Å²) in [5, 5.41) is 8.64. The van der Waals surface area contributed by atoms with Gasteiger partial charge < -0.3 is 16.0 Å². The molecule has 0 radical (unpaired) electrons. The fraction of sp³-hybridized carbons (Fsp3) is 0.143. The van der Waals surface area contributed by atoms with Crippen molar-refractivity contribution in [3.8, 4) is 0 Å². The second kappa shape index (κ2) is 8.30. The maximum absolute atomic E-state index is 12.6. The van der Waals surface area contributed by atoms with E-state index in [1.54, 1.807) is 30.3 Å². The van der Waals surface area contributed by atoms with Gasteiger partial charge in [0.05, 0.1) is 0 Å². The van der Waals surface area contributed by atoms with Crippen LogP contribution in [0, 0.1) is 13.8 Å². The topological polar surface area (TPSA) is 96.0 Å². The third kappa shape index (κ3) is 4.70. The first-order valence-electron chi connectivity index (χ1n) is 8.77. The minimum atomic E-state index is -0.369. The number of para-hydroxylation sites is 1. The van der Waals surface area contributed by atoms with Crippen LogP contribution in [-0.2, 0) is 4.79 Å². The molecule has 2 amide bonds. The molecular formula is C21H21N5O2. The number of hydrogen-bond acceptors (Lipinski definition) is 5. The van der Waals surface area contributed by atoms with Gasteiger partial charge in [0.15, 0.2) is 0 Å². The van der Waals surface area contributed by atoms with E-state index in [4.69, 9.17) is 0 Å². The van der Waals surface area contributed by atoms with Crippen LogP contribution >= 0.6 is 0 Å². The van der Waals surface area contributed by atoms with Gasteiger partial charge in [-0.15, -0.1) is 0 Å². The maximum atomic E-state index is 12.6. The van der Waals surface area contributed by atoms with Gasteiger partial charge in [0.25, 0.3) is 5.91 Å². The van der Waals surface area contributed by atoms with Crippen molar-refractivity contribution in [1.29, 1.82) is 0 Å². The molecule has 0 saturated carbocycles. The van der Waals surface area contributed by atoms with E-state index in [-0.39, 0.29) is 17.5 Å². The minimum Gasteiger partial charge on any atom is -0.326 e. The molecule has 0 saturated heterocycles. The second-order valence-electron chi connectivity index (χ2n) is 6.37. The Morgan fingerprint density at radius 3 is 2.21 bits per heavy atom. The van der Waals surface area contributed by atoms with Gasteiger partial charge in [0, 0.05) is 30.2 Å². The Morgan fingerprint density at radius 1 is 0.893 bits per heavy atom. The van der Waals surface area contributed by atoms with Gasteiger partial charge in [-0.2, -0.15) is 0 Å². The molecule has 3 aromatic rings. The van der Waals surface area contributed by atoms with Crippen LogP contribution in [0.4, 0.5) is 23.0 Å². The SMILES string of the molecule is CC(=O)Nc1cccc(NC(=O)c2ccnc(Nc3c(C)cccc3C)n2)c1. The molecule has 1 aromatic heterocycles. The molecule has 0 bridgehead atoms. The quantitative estimate of drug-likeness (QED) is 0.625. The number of carbonyl (C=O) groups excluding carboxylic acids is 2. The molecule has 0 fully saturated rings. The van der Waals surface area contributed by atoms with E-state index in [1.807, 2.05) is 32.0 Å². The highest BCUT2D eigenvalue weighted by molar-refractivity contribution is 6.03. The van der Waals surface area contributed by atoms with Gasteiger partial charge in [0.2, 0.25) is 11.9 Å². The first-order chi connectivity index (χ1) is 13.4. The molecule has 0 aliphatic carbocycles. The molecular weight excluding hydrogens is 354 g/mol. The highest BCUT2D eigenvalue weighted by atomic mass is 16.2. The van der Waals surface area contributed by atoms with E-state index >= 15 is 0 Å². The lowest BCUT2D eigenvalue weighted by molar-refractivity contribution is -0.114. The molecule has 7 heteroatoms. The zero-order valence-corrected chi connectivity index (χ0v) is 15.9. The summed E-state index contributed by atoms with van der Waals surface area (Å²) in [7, 11) is 0. The predicted octanol–water partition coefficient (Wildman–Crippen LogP) is 4.05. The zero-order chi connectivity index (χ0) is 20.1. The number of nitrogens with zero attached hydrogens (tertiary/aromatic N) is 2. The van der Waals surface area contributed by atoms with E-state index in [2.05, 4.69) is 25.9 Å². The van der Waals surface area contributed by atoms with Crippen LogP contribution in [0.5, 0.6) is 0 Å². The first-order valence-corrected chi connectivity index (χ1v) is 8.77. The lowest BCUT2D eigenvalue weighted by atomic mass is 10.1. The fourth-order valence-electron chi connectivity index (χ4n) is 2.74. The highest BCUT2D eigenvalue weighted by Gasteiger charge is 2.11. The highest BCUT2D eigenvalue weighted by Crippen LogP contribution is 2.22. The largest absolute Gasteiger partial charge is 0.326 e. The number of aromatic nitrogens is 2. The van der Waals surface area contributed by atoms with Crippen LogP contribution in [0.3, 0.4) is 0 Å². The van der Waals surface area contributed by atoms with Crippen LogP contribution in [0.15, 0.2) is 54.7 Å². The molecule has 0 atom stereocenters. The number of aryl methyl sites for hydroxylation is 2. The molecule has 28 heavy (non-hydrogen) atoms. The Bertz CT molecular complexity index is 1010. The van der Waals surface area contributed by atoms with E-state index in [9.17, 15) is 9.59 Å². The van der Waals surface area contributed by atoms with Gasteiger partial charge in [-0.3, -0.25) is 9.59 Å². The summed E-state index contributed by atoms with van der Waals surface area (Å²) in [5.41, 5.74) is 4.43. The van der Waals surface area contributed by atoms with Gasteiger partial charge in [-0.05, 0) is 49.2 Å². The predicted molar refractivity (Wildman–Crippen MR) is 110 cm³/mol. The van der Waals surface area contributed by atoms with Crippen molar-refractivity contribution in [2.75, 3.05) is 16.0 Å². The molecule has 2 aromatic carbocycles. The third-order valence-corrected chi connectivity index (χ3v) is 4.05. The lowest BCUT2D eigenvalue weighted by Gasteiger charge is -2.12. The van der Waals surface area contributed by atoms with E-state index in [0.717, 1.165) is 16.8 Å². The second-order valence-corrected chi connectivity index (χ2v) is 6.37. The van der Waals surface area contributed by atoms with Crippen molar-refractivity contribution in [2.45, 2.75) is 20.8 Å². The summed E-state index contributed by atoms with van der Waals surface area (Å²) in [5.74, 6) is -0.203. The standard InChI is InChI=1S/C21H21N5O2/c1-13-6-4-7-14(2)19(13)26-21-22-11-10-18(25-21)20(28)24-17-9-5-8-16(12-17)23-15(3)27/h4-12H,1-3H3,(H,23,27)(H,24,28)(H,22,25,26). The average molecular weight is 375 g/mol. The Kier molecular flexibility index (Phi) is 5.64. The van der Waals surface area contributed by atoms with Crippen LogP contribution in [0.25, 0.3) is 0 Å². The summed E-state index contributed by atoms with van der Waals surface area (Å²) in [4.78, 5) is 32.3. The number of rotatable bonds is 5. The van der Waals surface area contributed by atoms with Crippen molar-refractivity contribution in [3.63, 3.8) is 0 Å². The molecule has 142 valence electrons. The molecule has 1 heterocycles. The molecule has 3 rings (SSSR count). The average Bonchev–Trinajstić information content (AvgIpc) is 2.65. The number of hydrogen-bond donors (Lipinski definition) is 3. The minimum absolute atomic E-state index is 0.179. The van der Waals surface area contributed by atoms with Crippen LogP contribution in [0.2, 0.25) is 0 Å².